The number of carbonyl (C=O) groups is 2. The van der Waals surface area contributed by atoms with Gasteiger partial charge in [-0.25, -0.2) is 9.59 Å². The maximum Gasteiger partial charge on any atom is 0.408 e. The van der Waals surface area contributed by atoms with E-state index in [0.29, 0.717) is 6.42 Å². The monoisotopic (exact) mass is 429 g/mol. The van der Waals surface area contributed by atoms with Gasteiger partial charge in [0.15, 0.2) is 0 Å². The van der Waals surface area contributed by atoms with Gasteiger partial charge >= 0.3 is 12.1 Å². The van der Waals surface area contributed by atoms with Crippen LogP contribution in [0.2, 0.25) is 0 Å². The van der Waals surface area contributed by atoms with Gasteiger partial charge in [-0.05, 0) is 25.3 Å². The topological polar surface area (TPSA) is 64.6 Å². The number of ether oxygens (including phenoxy) is 2. The molecule has 0 saturated heterocycles. The zero-order valence-electron chi connectivity index (χ0n) is 19.2. The Balaban J connectivity index is 1.72. The summed E-state index contributed by atoms with van der Waals surface area (Å²) in [6.07, 6.45) is 13.8. The normalized spacial score (nSPS) is 15.2. The average Bonchev–Trinajstić information content (AvgIpc) is 3.21. The lowest BCUT2D eigenvalue weighted by Gasteiger charge is -2.21. The van der Waals surface area contributed by atoms with Gasteiger partial charge in [0, 0.05) is 11.6 Å². The van der Waals surface area contributed by atoms with E-state index in [1.54, 1.807) is 0 Å². The second-order valence-corrected chi connectivity index (χ2v) is 8.47. The van der Waals surface area contributed by atoms with E-state index in [0.717, 1.165) is 24.0 Å². The van der Waals surface area contributed by atoms with Crippen molar-refractivity contribution >= 4 is 12.1 Å². The molecule has 1 heterocycles. The van der Waals surface area contributed by atoms with E-state index < -0.39 is 12.2 Å². The zero-order chi connectivity index (χ0) is 22.3. The Bertz CT molecular complexity index is 686. The average molecular weight is 430 g/mol. The summed E-state index contributed by atoms with van der Waals surface area (Å²) in [5.74, 6) is -0.357. The molecule has 5 nitrogen and oxygen atoms in total. The van der Waals surface area contributed by atoms with E-state index >= 15 is 0 Å². The first-order valence-electron chi connectivity index (χ1n) is 12.0. The van der Waals surface area contributed by atoms with Crippen LogP contribution < -0.4 is 5.32 Å². The Morgan fingerprint density at radius 3 is 2.19 bits per heavy atom. The number of hydrogen-bond acceptors (Lipinski definition) is 4. The van der Waals surface area contributed by atoms with Gasteiger partial charge in [-0.1, -0.05) is 95.0 Å². The van der Waals surface area contributed by atoms with Crippen LogP contribution in [0.5, 0.6) is 0 Å². The third-order valence-electron chi connectivity index (χ3n) is 5.80. The van der Waals surface area contributed by atoms with Crippen LogP contribution in [0.15, 0.2) is 42.0 Å². The largest absolute Gasteiger partial charge is 0.458 e. The molecule has 0 bridgehead atoms. The van der Waals surface area contributed by atoms with Crippen LogP contribution in [0.4, 0.5) is 4.79 Å². The minimum absolute atomic E-state index is 0.151. The van der Waals surface area contributed by atoms with Crippen molar-refractivity contribution in [3.05, 3.63) is 47.5 Å². The molecule has 1 aliphatic rings. The van der Waals surface area contributed by atoms with E-state index in [1.165, 1.54) is 57.4 Å². The summed E-state index contributed by atoms with van der Waals surface area (Å²) in [6.45, 7) is 4.38. The maximum absolute atomic E-state index is 12.5. The first-order valence-corrected chi connectivity index (χ1v) is 12.0. The highest BCUT2D eigenvalue weighted by molar-refractivity contribution is 5.85. The third-order valence-corrected chi connectivity index (χ3v) is 5.80. The first kappa shape index (κ1) is 25.0. The van der Waals surface area contributed by atoms with Crippen molar-refractivity contribution in [1.29, 1.82) is 0 Å². The van der Waals surface area contributed by atoms with Crippen molar-refractivity contribution in [2.24, 2.45) is 0 Å². The third kappa shape index (κ3) is 10.0. The number of alkyl carbamates (subject to hydrolysis) is 1. The number of benzene rings is 1. The predicted molar refractivity (Wildman–Crippen MR) is 124 cm³/mol. The number of rotatable bonds is 15. The number of esters is 1. The van der Waals surface area contributed by atoms with Crippen LogP contribution in [0.25, 0.3) is 0 Å². The molecule has 31 heavy (non-hydrogen) atoms. The highest BCUT2D eigenvalue weighted by atomic mass is 16.6. The molecular weight excluding hydrogens is 390 g/mol. The van der Waals surface area contributed by atoms with Crippen LogP contribution in [0.1, 0.15) is 96.1 Å². The summed E-state index contributed by atoms with van der Waals surface area (Å²) < 4.78 is 10.7. The fourth-order valence-corrected chi connectivity index (χ4v) is 3.88. The molecule has 0 saturated carbocycles. The smallest absolute Gasteiger partial charge is 0.408 e. The summed E-state index contributed by atoms with van der Waals surface area (Å²) in [5.41, 5.74) is 1.77. The van der Waals surface area contributed by atoms with Crippen molar-refractivity contribution in [3.63, 3.8) is 0 Å². The molecular formula is C26H39NO4. The minimum Gasteiger partial charge on any atom is -0.458 e. The van der Waals surface area contributed by atoms with Crippen molar-refractivity contribution in [2.45, 2.75) is 96.6 Å². The molecule has 1 N–H and O–H groups in total. The Hall–Kier alpha value is -2.30. The molecule has 1 aliphatic heterocycles. The Morgan fingerprint density at radius 2 is 1.61 bits per heavy atom. The van der Waals surface area contributed by atoms with E-state index in [4.69, 9.17) is 9.47 Å². The van der Waals surface area contributed by atoms with Crippen molar-refractivity contribution in [2.75, 3.05) is 6.61 Å². The second-order valence-electron chi connectivity index (χ2n) is 8.47. The fraction of sp³-hybridized carbons (Fsp3) is 0.615. The lowest BCUT2D eigenvalue weighted by molar-refractivity contribution is -0.135. The standard InChI is InChI=1S/C26H39NO4/c1-3-4-5-6-7-8-9-10-11-15-18-24(23-19-25(28)30-20-23)31-26(29)27-21(2)22-16-13-12-14-17-22/h12-14,16-17,19,21,24H,3-11,15,18,20H2,1-2H3,(H,27,29). The molecule has 172 valence electrons. The van der Waals surface area contributed by atoms with Crippen LogP contribution in [0, 0.1) is 0 Å². The number of unbranched alkanes of at least 4 members (excludes halogenated alkanes) is 9. The summed E-state index contributed by atoms with van der Waals surface area (Å²) in [5, 5.41) is 2.89. The van der Waals surface area contributed by atoms with Gasteiger partial charge < -0.3 is 14.8 Å². The van der Waals surface area contributed by atoms with Crippen molar-refractivity contribution in [1.82, 2.24) is 5.32 Å². The van der Waals surface area contributed by atoms with E-state index in [9.17, 15) is 9.59 Å². The number of hydrogen-bond donors (Lipinski definition) is 1. The number of cyclic esters (lactones) is 1. The van der Waals surface area contributed by atoms with Gasteiger partial charge in [0.25, 0.3) is 0 Å². The summed E-state index contributed by atoms with van der Waals surface area (Å²) in [4.78, 5) is 24.0. The van der Waals surface area contributed by atoms with Gasteiger partial charge in [-0.15, -0.1) is 0 Å². The molecule has 0 aliphatic carbocycles. The fourth-order valence-electron chi connectivity index (χ4n) is 3.88. The SMILES string of the molecule is CCCCCCCCCCCCC(OC(=O)NC(C)c1ccccc1)C1=CC(=O)OC1. The molecule has 0 radical (unpaired) electrons. The zero-order valence-corrected chi connectivity index (χ0v) is 19.2. The molecule has 1 aromatic rings. The van der Waals surface area contributed by atoms with E-state index in [1.807, 2.05) is 37.3 Å². The predicted octanol–water partition coefficient (Wildman–Crippen LogP) is 6.64. The van der Waals surface area contributed by atoms with Gasteiger partial charge in [-0.2, -0.15) is 0 Å². The quantitative estimate of drug-likeness (QED) is 0.251. The molecule has 2 rings (SSSR count). The molecule has 5 heteroatoms. The molecule has 1 amide bonds. The molecule has 1 aromatic carbocycles. The summed E-state index contributed by atoms with van der Waals surface area (Å²) in [7, 11) is 0. The Morgan fingerprint density at radius 1 is 1.00 bits per heavy atom. The Labute approximate surface area is 187 Å². The lowest BCUT2D eigenvalue weighted by Crippen LogP contribution is -2.32. The van der Waals surface area contributed by atoms with Gasteiger partial charge in [0.05, 0.1) is 6.04 Å². The van der Waals surface area contributed by atoms with E-state index in [-0.39, 0.29) is 18.6 Å². The minimum atomic E-state index is -0.464. The van der Waals surface area contributed by atoms with E-state index in [2.05, 4.69) is 12.2 Å². The number of nitrogens with one attached hydrogen (secondary N) is 1. The molecule has 0 fully saturated rings. The van der Waals surface area contributed by atoms with Crippen molar-refractivity contribution in [3.8, 4) is 0 Å². The molecule has 2 atom stereocenters. The van der Waals surface area contributed by atoms with Crippen LogP contribution in [0.3, 0.4) is 0 Å². The highest BCUT2D eigenvalue weighted by Crippen LogP contribution is 2.21. The summed E-state index contributed by atoms with van der Waals surface area (Å²) >= 11 is 0. The Kier molecular flexibility index (Phi) is 11.8. The van der Waals surface area contributed by atoms with Crippen LogP contribution >= 0.6 is 0 Å². The molecule has 0 spiro atoms. The van der Waals surface area contributed by atoms with Crippen LogP contribution in [-0.2, 0) is 14.3 Å². The second kappa shape index (κ2) is 14.7. The highest BCUT2D eigenvalue weighted by Gasteiger charge is 2.25. The van der Waals surface area contributed by atoms with Gasteiger partial charge in [0.1, 0.15) is 12.7 Å². The van der Waals surface area contributed by atoms with Crippen LogP contribution in [-0.4, -0.2) is 24.8 Å². The number of amides is 1. The molecule has 0 aromatic heterocycles. The van der Waals surface area contributed by atoms with Crippen molar-refractivity contribution < 1.29 is 19.1 Å². The maximum atomic E-state index is 12.5. The summed E-state index contributed by atoms with van der Waals surface area (Å²) in [6, 6.07) is 9.62. The first-order chi connectivity index (χ1) is 15.1. The molecule has 2 unspecified atom stereocenters. The van der Waals surface area contributed by atoms with Gasteiger partial charge in [-0.3, -0.25) is 0 Å². The van der Waals surface area contributed by atoms with Gasteiger partial charge in [0.2, 0.25) is 0 Å². The number of carbonyl (C=O) groups excluding carboxylic acids is 2. The lowest BCUT2D eigenvalue weighted by atomic mass is 10.0.